The van der Waals surface area contributed by atoms with Crippen molar-refractivity contribution in [2.45, 2.75) is 39.2 Å². The molecule has 0 unspecified atom stereocenters. The zero-order valence-electron chi connectivity index (χ0n) is 7.89. The second-order valence-corrected chi connectivity index (χ2v) is 3.35. The van der Waals surface area contributed by atoms with Gasteiger partial charge in [-0.05, 0) is 19.3 Å². The highest BCUT2D eigenvalue weighted by atomic mass is 16.5. The van der Waals surface area contributed by atoms with E-state index >= 15 is 0 Å². The molecule has 0 saturated heterocycles. The number of ether oxygens (including phenoxy) is 1. The highest BCUT2D eigenvalue weighted by molar-refractivity contribution is 5.61. The SMILES string of the molecule is CC[C@H](C)C[C@@](C)(C=O)OC. The van der Waals surface area contributed by atoms with Crippen LogP contribution >= 0.6 is 0 Å². The Hall–Kier alpha value is -0.370. The first-order valence-corrected chi connectivity index (χ1v) is 4.09. The minimum absolute atomic E-state index is 0.546. The molecule has 0 aliphatic carbocycles. The maximum absolute atomic E-state index is 10.6. The fourth-order valence-electron chi connectivity index (χ4n) is 1.02. The van der Waals surface area contributed by atoms with Gasteiger partial charge in [0.15, 0.2) is 6.29 Å². The summed E-state index contributed by atoms with van der Waals surface area (Å²) >= 11 is 0. The van der Waals surface area contributed by atoms with Crippen LogP contribution < -0.4 is 0 Å². The summed E-state index contributed by atoms with van der Waals surface area (Å²) in [6.07, 6.45) is 2.79. The molecule has 66 valence electrons. The van der Waals surface area contributed by atoms with Gasteiger partial charge in [-0.3, -0.25) is 0 Å². The van der Waals surface area contributed by atoms with Gasteiger partial charge in [-0.2, -0.15) is 0 Å². The summed E-state index contributed by atoms with van der Waals surface area (Å²) in [6, 6.07) is 0. The Balaban J connectivity index is 3.96. The Morgan fingerprint density at radius 3 is 2.45 bits per heavy atom. The van der Waals surface area contributed by atoms with E-state index in [2.05, 4.69) is 13.8 Å². The normalized spacial score (nSPS) is 18.9. The highest BCUT2D eigenvalue weighted by Gasteiger charge is 2.24. The maximum Gasteiger partial charge on any atom is 0.151 e. The van der Waals surface area contributed by atoms with Gasteiger partial charge < -0.3 is 9.53 Å². The first-order chi connectivity index (χ1) is 5.08. The molecule has 0 spiro atoms. The zero-order valence-corrected chi connectivity index (χ0v) is 7.89. The standard InChI is InChI=1S/C9H18O2/c1-5-8(2)6-9(3,7-10)11-4/h7-8H,5-6H2,1-4H3/t8-,9-/m0/s1. The molecule has 0 aromatic heterocycles. The van der Waals surface area contributed by atoms with Gasteiger partial charge in [-0.15, -0.1) is 0 Å². The summed E-state index contributed by atoms with van der Waals surface area (Å²) in [5.74, 6) is 0.546. The van der Waals surface area contributed by atoms with Crippen LogP contribution in [-0.2, 0) is 9.53 Å². The minimum Gasteiger partial charge on any atom is -0.371 e. The van der Waals surface area contributed by atoms with E-state index < -0.39 is 5.60 Å². The molecule has 0 heterocycles. The fourth-order valence-corrected chi connectivity index (χ4v) is 1.02. The van der Waals surface area contributed by atoms with Crippen molar-refractivity contribution < 1.29 is 9.53 Å². The molecule has 0 bridgehead atoms. The molecule has 0 saturated carbocycles. The van der Waals surface area contributed by atoms with Gasteiger partial charge in [-0.1, -0.05) is 20.3 Å². The lowest BCUT2D eigenvalue weighted by molar-refractivity contribution is -0.127. The molecular formula is C9H18O2. The average Bonchev–Trinajstić information content (AvgIpc) is 2.04. The quantitative estimate of drug-likeness (QED) is 0.572. The predicted molar refractivity (Wildman–Crippen MR) is 45.6 cm³/mol. The van der Waals surface area contributed by atoms with Crippen molar-refractivity contribution >= 4 is 6.29 Å². The Bertz CT molecular complexity index is 123. The minimum atomic E-state index is -0.574. The van der Waals surface area contributed by atoms with Gasteiger partial charge in [0.25, 0.3) is 0 Å². The molecule has 0 amide bonds. The molecule has 0 aliphatic rings. The monoisotopic (exact) mass is 158 g/mol. The number of methoxy groups -OCH3 is 1. The maximum atomic E-state index is 10.6. The molecule has 0 N–H and O–H groups in total. The topological polar surface area (TPSA) is 26.3 Å². The van der Waals surface area contributed by atoms with E-state index in [0.29, 0.717) is 5.92 Å². The van der Waals surface area contributed by atoms with Crippen molar-refractivity contribution in [3.8, 4) is 0 Å². The summed E-state index contributed by atoms with van der Waals surface area (Å²) in [5.41, 5.74) is -0.574. The lowest BCUT2D eigenvalue weighted by Crippen LogP contribution is -2.31. The smallest absolute Gasteiger partial charge is 0.151 e. The van der Waals surface area contributed by atoms with Crippen LogP contribution in [0.2, 0.25) is 0 Å². The molecule has 0 fully saturated rings. The van der Waals surface area contributed by atoms with Crippen LogP contribution in [0.25, 0.3) is 0 Å². The number of rotatable bonds is 5. The van der Waals surface area contributed by atoms with E-state index in [1.807, 2.05) is 6.92 Å². The molecule has 11 heavy (non-hydrogen) atoms. The zero-order chi connectivity index (χ0) is 8.91. The van der Waals surface area contributed by atoms with E-state index in [4.69, 9.17) is 4.74 Å². The van der Waals surface area contributed by atoms with Crippen molar-refractivity contribution in [3.05, 3.63) is 0 Å². The Morgan fingerprint density at radius 2 is 2.18 bits per heavy atom. The van der Waals surface area contributed by atoms with Gasteiger partial charge >= 0.3 is 0 Å². The van der Waals surface area contributed by atoms with E-state index in [1.165, 1.54) is 0 Å². The van der Waals surface area contributed by atoms with Crippen LogP contribution in [-0.4, -0.2) is 19.0 Å². The summed E-state index contributed by atoms with van der Waals surface area (Å²) in [4.78, 5) is 10.6. The summed E-state index contributed by atoms with van der Waals surface area (Å²) in [5, 5.41) is 0. The van der Waals surface area contributed by atoms with E-state index in [-0.39, 0.29) is 0 Å². The molecule has 0 rings (SSSR count). The molecule has 2 nitrogen and oxygen atoms in total. The molecule has 0 aromatic rings. The highest BCUT2D eigenvalue weighted by Crippen LogP contribution is 2.19. The first-order valence-electron chi connectivity index (χ1n) is 4.09. The number of carbonyl (C=O) groups excluding carboxylic acids is 1. The van der Waals surface area contributed by atoms with Crippen LogP contribution in [0.15, 0.2) is 0 Å². The van der Waals surface area contributed by atoms with Crippen LogP contribution in [0.5, 0.6) is 0 Å². The van der Waals surface area contributed by atoms with Gasteiger partial charge in [-0.25, -0.2) is 0 Å². The van der Waals surface area contributed by atoms with E-state index in [9.17, 15) is 4.79 Å². The number of carbonyl (C=O) groups is 1. The number of hydrogen-bond acceptors (Lipinski definition) is 2. The van der Waals surface area contributed by atoms with Crippen molar-refractivity contribution in [3.63, 3.8) is 0 Å². The first kappa shape index (κ1) is 10.6. The predicted octanol–water partition coefficient (Wildman–Crippen LogP) is 2.03. The molecule has 2 heteroatoms. The molecule has 0 radical (unpaired) electrons. The van der Waals surface area contributed by atoms with E-state index in [1.54, 1.807) is 7.11 Å². The molecular weight excluding hydrogens is 140 g/mol. The third-order valence-electron chi connectivity index (χ3n) is 2.17. The van der Waals surface area contributed by atoms with Crippen molar-refractivity contribution in [2.24, 2.45) is 5.92 Å². The van der Waals surface area contributed by atoms with Crippen molar-refractivity contribution in [1.82, 2.24) is 0 Å². The Morgan fingerprint density at radius 1 is 1.64 bits per heavy atom. The van der Waals surface area contributed by atoms with Gasteiger partial charge in [0, 0.05) is 7.11 Å². The summed E-state index contributed by atoms with van der Waals surface area (Å²) in [7, 11) is 1.58. The third kappa shape index (κ3) is 3.51. The second kappa shape index (κ2) is 4.50. The van der Waals surface area contributed by atoms with Crippen LogP contribution in [0.1, 0.15) is 33.6 Å². The number of aldehydes is 1. The van der Waals surface area contributed by atoms with Gasteiger partial charge in [0.2, 0.25) is 0 Å². The van der Waals surface area contributed by atoms with E-state index in [0.717, 1.165) is 19.1 Å². The lowest BCUT2D eigenvalue weighted by Gasteiger charge is -2.24. The summed E-state index contributed by atoms with van der Waals surface area (Å²) in [6.45, 7) is 6.07. The Labute approximate surface area is 68.9 Å². The number of hydrogen-bond donors (Lipinski definition) is 0. The molecule has 0 aliphatic heterocycles. The van der Waals surface area contributed by atoms with Gasteiger partial charge in [0.05, 0.1) is 0 Å². The third-order valence-corrected chi connectivity index (χ3v) is 2.17. The van der Waals surface area contributed by atoms with Crippen LogP contribution in [0.3, 0.4) is 0 Å². The average molecular weight is 158 g/mol. The van der Waals surface area contributed by atoms with Crippen LogP contribution in [0.4, 0.5) is 0 Å². The van der Waals surface area contributed by atoms with Crippen molar-refractivity contribution in [1.29, 1.82) is 0 Å². The lowest BCUT2D eigenvalue weighted by atomic mass is 9.92. The van der Waals surface area contributed by atoms with Gasteiger partial charge in [0.1, 0.15) is 5.60 Å². The molecule has 0 aromatic carbocycles. The fraction of sp³-hybridized carbons (Fsp3) is 0.889. The Kier molecular flexibility index (Phi) is 4.34. The largest absolute Gasteiger partial charge is 0.371 e. The van der Waals surface area contributed by atoms with Crippen LogP contribution in [0, 0.1) is 5.92 Å². The van der Waals surface area contributed by atoms with Crippen molar-refractivity contribution in [2.75, 3.05) is 7.11 Å². The second-order valence-electron chi connectivity index (χ2n) is 3.35. The summed E-state index contributed by atoms with van der Waals surface area (Å²) < 4.78 is 5.09. The molecule has 2 atom stereocenters.